The lowest BCUT2D eigenvalue weighted by molar-refractivity contribution is 0.239. The van der Waals surface area contributed by atoms with Crippen LogP contribution in [0.25, 0.3) is 0 Å². The second-order valence-electron chi connectivity index (χ2n) is 6.77. The lowest BCUT2D eigenvalue weighted by Gasteiger charge is -2.34. The van der Waals surface area contributed by atoms with Gasteiger partial charge >= 0.3 is 6.03 Å². The van der Waals surface area contributed by atoms with Crippen LogP contribution in [0.2, 0.25) is 0 Å². The van der Waals surface area contributed by atoms with Crippen molar-refractivity contribution in [3.05, 3.63) is 29.8 Å². The van der Waals surface area contributed by atoms with Crippen molar-refractivity contribution < 1.29 is 4.79 Å². The summed E-state index contributed by atoms with van der Waals surface area (Å²) in [6, 6.07) is 8.22. The van der Waals surface area contributed by atoms with E-state index in [1.165, 1.54) is 5.56 Å². The van der Waals surface area contributed by atoms with Crippen molar-refractivity contribution in [3.8, 4) is 0 Å². The molecule has 2 rings (SSSR count). The SMILES string of the molecule is CC1Cc2ccccc2N(C(=O)NCC(C)(C)C)C1. The Labute approximate surface area is 116 Å². The molecule has 1 atom stereocenters. The van der Waals surface area contributed by atoms with E-state index in [4.69, 9.17) is 0 Å². The Morgan fingerprint density at radius 2 is 2.05 bits per heavy atom. The summed E-state index contributed by atoms with van der Waals surface area (Å²) in [5.41, 5.74) is 2.44. The summed E-state index contributed by atoms with van der Waals surface area (Å²) in [4.78, 5) is 14.3. The van der Waals surface area contributed by atoms with E-state index in [9.17, 15) is 4.79 Å². The van der Waals surface area contributed by atoms with Crippen LogP contribution in [0.15, 0.2) is 24.3 Å². The van der Waals surface area contributed by atoms with Gasteiger partial charge in [-0.2, -0.15) is 0 Å². The summed E-state index contributed by atoms with van der Waals surface area (Å²) in [7, 11) is 0. The summed E-state index contributed by atoms with van der Waals surface area (Å²) < 4.78 is 0. The number of anilines is 1. The number of para-hydroxylation sites is 1. The number of hydrogen-bond donors (Lipinski definition) is 1. The summed E-state index contributed by atoms with van der Waals surface area (Å²) in [5.74, 6) is 0.510. The first-order chi connectivity index (χ1) is 8.87. The Bertz CT molecular complexity index is 462. The third-order valence-electron chi connectivity index (χ3n) is 3.36. The Kier molecular flexibility index (Phi) is 3.83. The summed E-state index contributed by atoms with van der Waals surface area (Å²) in [6.45, 7) is 10.1. The van der Waals surface area contributed by atoms with Gasteiger partial charge in [-0.15, -0.1) is 0 Å². The molecule has 1 aliphatic rings. The number of urea groups is 1. The second kappa shape index (κ2) is 5.24. The van der Waals surface area contributed by atoms with Gasteiger partial charge in [0, 0.05) is 18.8 Å². The molecule has 19 heavy (non-hydrogen) atoms. The molecule has 0 fully saturated rings. The number of rotatable bonds is 1. The molecule has 0 radical (unpaired) electrons. The van der Waals surface area contributed by atoms with Gasteiger partial charge in [-0.25, -0.2) is 4.79 Å². The van der Waals surface area contributed by atoms with E-state index in [0.29, 0.717) is 12.5 Å². The van der Waals surface area contributed by atoms with Crippen molar-refractivity contribution in [2.24, 2.45) is 11.3 Å². The smallest absolute Gasteiger partial charge is 0.321 e. The Morgan fingerprint density at radius 3 is 2.74 bits per heavy atom. The minimum absolute atomic E-state index is 0.0222. The number of amides is 2. The van der Waals surface area contributed by atoms with Crippen LogP contribution in [0.1, 0.15) is 33.3 Å². The molecule has 1 aromatic rings. The molecule has 1 aromatic carbocycles. The van der Waals surface area contributed by atoms with Crippen LogP contribution in [-0.2, 0) is 6.42 Å². The van der Waals surface area contributed by atoms with Crippen LogP contribution >= 0.6 is 0 Å². The lowest BCUT2D eigenvalue weighted by atomic mass is 9.94. The minimum atomic E-state index is 0.0222. The number of carbonyl (C=O) groups is 1. The fraction of sp³-hybridized carbons (Fsp3) is 0.562. The van der Waals surface area contributed by atoms with Crippen molar-refractivity contribution in [1.82, 2.24) is 5.32 Å². The summed E-state index contributed by atoms with van der Waals surface area (Å²) in [6.07, 6.45) is 1.05. The molecule has 1 unspecified atom stereocenters. The van der Waals surface area contributed by atoms with E-state index in [-0.39, 0.29) is 11.4 Å². The number of fused-ring (bicyclic) bond motifs is 1. The summed E-state index contributed by atoms with van der Waals surface area (Å²) in [5, 5.41) is 3.04. The molecule has 0 spiro atoms. The van der Waals surface area contributed by atoms with Crippen molar-refractivity contribution >= 4 is 11.7 Å². The molecule has 1 N–H and O–H groups in total. The average molecular weight is 260 g/mol. The first-order valence-corrected chi connectivity index (χ1v) is 7.00. The van der Waals surface area contributed by atoms with Crippen molar-refractivity contribution in [2.75, 3.05) is 18.0 Å². The zero-order chi connectivity index (χ0) is 14.0. The van der Waals surface area contributed by atoms with Crippen LogP contribution in [-0.4, -0.2) is 19.1 Å². The van der Waals surface area contributed by atoms with Gasteiger partial charge in [0.1, 0.15) is 0 Å². The Hall–Kier alpha value is -1.51. The normalized spacial score (nSPS) is 18.9. The maximum atomic E-state index is 12.4. The van der Waals surface area contributed by atoms with E-state index in [0.717, 1.165) is 18.7 Å². The molecule has 3 nitrogen and oxygen atoms in total. The Balaban J connectivity index is 2.14. The molecule has 0 bridgehead atoms. The van der Waals surface area contributed by atoms with Crippen molar-refractivity contribution in [2.45, 2.75) is 34.1 Å². The zero-order valence-corrected chi connectivity index (χ0v) is 12.4. The van der Waals surface area contributed by atoms with Crippen LogP contribution in [0.3, 0.4) is 0 Å². The largest absolute Gasteiger partial charge is 0.337 e. The predicted octanol–water partition coefficient (Wildman–Crippen LogP) is 3.44. The number of hydrogen-bond acceptors (Lipinski definition) is 1. The third-order valence-corrected chi connectivity index (χ3v) is 3.36. The minimum Gasteiger partial charge on any atom is -0.337 e. The molecule has 0 aliphatic carbocycles. The van der Waals surface area contributed by atoms with Crippen LogP contribution in [0.4, 0.5) is 10.5 Å². The summed E-state index contributed by atoms with van der Waals surface area (Å²) >= 11 is 0. The molecule has 0 aromatic heterocycles. The second-order valence-corrected chi connectivity index (χ2v) is 6.77. The topological polar surface area (TPSA) is 32.3 Å². The van der Waals surface area contributed by atoms with Crippen LogP contribution < -0.4 is 10.2 Å². The predicted molar refractivity (Wildman–Crippen MR) is 79.5 cm³/mol. The molecule has 104 valence electrons. The van der Waals surface area contributed by atoms with Crippen molar-refractivity contribution in [3.63, 3.8) is 0 Å². The highest BCUT2D eigenvalue weighted by molar-refractivity contribution is 5.93. The third kappa shape index (κ3) is 3.49. The van der Waals surface area contributed by atoms with Gasteiger partial charge in [0.2, 0.25) is 0 Å². The van der Waals surface area contributed by atoms with Gasteiger partial charge in [0.25, 0.3) is 0 Å². The molecule has 0 saturated carbocycles. The van der Waals surface area contributed by atoms with Gasteiger partial charge in [-0.05, 0) is 29.4 Å². The van der Waals surface area contributed by atoms with Gasteiger partial charge in [0.15, 0.2) is 0 Å². The van der Waals surface area contributed by atoms with Gasteiger partial charge < -0.3 is 5.32 Å². The lowest BCUT2D eigenvalue weighted by Crippen LogP contribution is -2.47. The number of nitrogens with zero attached hydrogens (tertiary/aromatic N) is 1. The first kappa shape index (κ1) is 13.9. The first-order valence-electron chi connectivity index (χ1n) is 7.00. The van der Waals surface area contributed by atoms with E-state index in [2.05, 4.69) is 39.1 Å². The highest BCUT2D eigenvalue weighted by Gasteiger charge is 2.26. The monoisotopic (exact) mass is 260 g/mol. The van der Waals surface area contributed by atoms with E-state index >= 15 is 0 Å². The molecule has 1 aliphatic heterocycles. The van der Waals surface area contributed by atoms with E-state index in [1.54, 1.807) is 0 Å². The molecule has 1 heterocycles. The fourth-order valence-corrected chi connectivity index (χ4v) is 2.43. The molecule has 2 amide bonds. The highest BCUT2D eigenvalue weighted by Crippen LogP contribution is 2.29. The maximum Gasteiger partial charge on any atom is 0.321 e. The van der Waals surface area contributed by atoms with Gasteiger partial charge in [0.05, 0.1) is 0 Å². The van der Waals surface area contributed by atoms with E-state index < -0.39 is 0 Å². The number of benzene rings is 1. The van der Waals surface area contributed by atoms with Gasteiger partial charge in [-0.3, -0.25) is 4.90 Å². The quantitative estimate of drug-likeness (QED) is 0.824. The average Bonchev–Trinajstić information content (AvgIpc) is 2.34. The molecule has 0 saturated heterocycles. The highest BCUT2D eigenvalue weighted by atomic mass is 16.2. The fourth-order valence-electron chi connectivity index (χ4n) is 2.43. The molecule has 3 heteroatoms. The van der Waals surface area contributed by atoms with Gasteiger partial charge in [-0.1, -0.05) is 45.9 Å². The number of nitrogens with one attached hydrogen (secondary N) is 1. The van der Waals surface area contributed by atoms with Crippen LogP contribution in [0, 0.1) is 11.3 Å². The standard InChI is InChI=1S/C16H24N2O/c1-12-9-13-7-5-6-8-14(13)18(10-12)15(19)17-11-16(2,3)4/h5-8,12H,9-11H2,1-4H3,(H,17,19). The van der Waals surface area contributed by atoms with E-state index in [1.807, 2.05) is 23.1 Å². The van der Waals surface area contributed by atoms with Crippen molar-refractivity contribution in [1.29, 1.82) is 0 Å². The van der Waals surface area contributed by atoms with Crippen LogP contribution in [0.5, 0.6) is 0 Å². The maximum absolute atomic E-state index is 12.4. The Morgan fingerprint density at radius 1 is 1.37 bits per heavy atom. The molecular weight excluding hydrogens is 236 g/mol. The number of carbonyl (C=O) groups excluding carboxylic acids is 1. The molecular formula is C16H24N2O. The zero-order valence-electron chi connectivity index (χ0n) is 12.4.